The molecule has 5 heteroatoms. The summed E-state index contributed by atoms with van der Waals surface area (Å²) < 4.78 is 14.3. The maximum atomic E-state index is 7.17. The minimum atomic E-state index is -0.924. The number of hydrogen-bond donors (Lipinski definition) is 0. The van der Waals surface area contributed by atoms with Crippen LogP contribution in [0.5, 0.6) is 0 Å². The van der Waals surface area contributed by atoms with Crippen molar-refractivity contribution in [3.05, 3.63) is 245 Å². The lowest BCUT2D eigenvalue weighted by Gasteiger charge is -2.35. The molecule has 6 aromatic carbocycles. The quantitative estimate of drug-likeness (QED) is 0.161. The summed E-state index contributed by atoms with van der Waals surface area (Å²) in [6, 6.07) is 67.2. The third kappa shape index (κ3) is 5.30. The molecule has 2 aliphatic rings. The van der Waals surface area contributed by atoms with E-state index >= 15 is 0 Å². The number of ether oxygens (including phenoxy) is 2. The van der Waals surface area contributed by atoms with Crippen LogP contribution in [0.15, 0.2) is 210 Å². The maximum absolute atomic E-state index is 7.17. The highest BCUT2D eigenvalue weighted by molar-refractivity contribution is 5.98. The smallest absolute Gasteiger partial charge is 0.237 e. The van der Waals surface area contributed by atoms with Gasteiger partial charge >= 0.3 is 0 Å². The van der Waals surface area contributed by atoms with Crippen molar-refractivity contribution in [1.82, 2.24) is 4.98 Å². The molecule has 0 radical (unpaired) electrons. The summed E-state index contributed by atoms with van der Waals surface area (Å²) in [5.41, 5.74) is 5.49. The summed E-state index contributed by atoms with van der Waals surface area (Å²) in [5, 5.41) is 0. The zero-order valence-electron chi connectivity index (χ0n) is 28.4. The van der Waals surface area contributed by atoms with E-state index < -0.39 is 11.2 Å². The average molecular weight is 674 g/mol. The highest BCUT2D eigenvalue weighted by atomic mass is 16.5. The largest absolute Gasteiger partial charge is 0.457 e. The van der Waals surface area contributed by atoms with Gasteiger partial charge in [-0.3, -0.25) is 0 Å². The van der Waals surface area contributed by atoms with Crippen molar-refractivity contribution in [2.45, 2.75) is 23.3 Å². The number of pyridine rings is 1. The number of benzene rings is 6. The van der Waals surface area contributed by atoms with Crippen LogP contribution >= 0.6 is 0 Å². The van der Waals surface area contributed by atoms with Crippen molar-refractivity contribution in [2.75, 3.05) is 0 Å². The summed E-state index contributed by atoms with van der Waals surface area (Å²) in [5.74, 6) is 0.915. The molecule has 0 fully saturated rings. The van der Waals surface area contributed by atoms with Crippen LogP contribution in [0.3, 0.4) is 0 Å². The lowest BCUT2D eigenvalue weighted by molar-refractivity contribution is 0.0970. The van der Waals surface area contributed by atoms with Crippen molar-refractivity contribution < 1.29 is 9.47 Å². The van der Waals surface area contributed by atoms with Crippen molar-refractivity contribution in [3.8, 4) is 0 Å². The molecule has 0 saturated heterocycles. The van der Waals surface area contributed by atoms with Crippen LogP contribution in [-0.4, -0.2) is 16.8 Å². The van der Waals surface area contributed by atoms with E-state index in [2.05, 4.69) is 72.8 Å². The van der Waals surface area contributed by atoms with Crippen molar-refractivity contribution >= 4 is 11.8 Å². The van der Waals surface area contributed by atoms with Crippen molar-refractivity contribution in [1.29, 1.82) is 0 Å². The lowest BCUT2D eigenvalue weighted by Crippen LogP contribution is -2.35. The summed E-state index contributed by atoms with van der Waals surface area (Å²) >= 11 is 0. The molecular formula is C47H35N3O2. The molecule has 0 bridgehead atoms. The van der Waals surface area contributed by atoms with Crippen LogP contribution in [0, 0.1) is 0 Å². The number of rotatable bonds is 8. The molecular weight excluding hydrogens is 639 g/mol. The van der Waals surface area contributed by atoms with Crippen LogP contribution in [0.1, 0.15) is 56.9 Å². The summed E-state index contributed by atoms with van der Waals surface area (Å²) in [7, 11) is 0. The molecule has 2 aliphatic heterocycles. The van der Waals surface area contributed by atoms with E-state index in [1.165, 1.54) is 0 Å². The third-order valence-electron chi connectivity index (χ3n) is 10.0. The Kier molecular flexibility index (Phi) is 8.01. The fourth-order valence-electron chi connectivity index (χ4n) is 7.63. The van der Waals surface area contributed by atoms with E-state index in [0.29, 0.717) is 23.2 Å². The van der Waals surface area contributed by atoms with E-state index in [1.54, 1.807) is 0 Å². The Labute approximate surface area is 303 Å². The molecule has 5 nitrogen and oxygen atoms in total. The Morgan fingerprint density at radius 3 is 0.923 bits per heavy atom. The standard InChI is InChI=1S/C47H35N3O2/c1-7-20-34(21-8-1)42-46(36-24-11-3-12-25-36,37-26-13-4-14-27-37)51-44(49-42)40-32-19-33-41(48-40)45-50-43(35-22-9-2-10-23-35)47(52-45,38-28-15-5-16-29-38)39-30-17-6-18-31-39/h1-33,42-43H/t42-,43-/m1/s1. The molecule has 0 aliphatic carbocycles. The maximum Gasteiger partial charge on any atom is 0.237 e. The second kappa shape index (κ2) is 13.3. The molecule has 52 heavy (non-hydrogen) atoms. The minimum absolute atomic E-state index is 0.370. The summed E-state index contributed by atoms with van der Waals surface area (Å²) in [6.07, 6.45) is 0. The van der Waals surface area contributed by atoms with Gasteiger partial charge in [0.1, 0.15) is 23.5 Å². The Morgan fingerprint density at radius 1 is 0.327 bits per heavy atom. The van der Waals surface area contributed by atoms with Crippen molar-refractivity contribution in [2.24, 2.45) is 9.98 Å². The predicted octanol–water partition coefficient (Wildman–Crippen LogP) is 10.0. The molecule has 1 aromatic heterocycles. The lowest BCUT2D eigenvalue weighted by atomic mass is 9.78. The van der Waals surface area contributed by atoms with Gasteiger partial charge in [-0.2, -0.15) is 0 Å². The van der Waals surface area contributed by atoms with Gasteiger partial charge in [0, 0.05) is 22.3 Å². The van der Waals surface area contributed by atoms with Crippen molar-refractivity contribution in [3.63, 3.8) is 0 Å². The first-order valence-electron chi connectivity index (χ1n) is 17.6. The zero-order valence-corrected chi connectivity index (χ0v) is 28.4. The summed E-state index contributed by atoms with van der Waals surface area (Å²) in [6.45, 7) is 0. The van der Waals surface area contributed by atoms with Gasteiger partial charge in [-0.05, 0) is 23.3 Å². The van der Waals surface area contributed by atoms with Gasteiger partial charge < -0.3 is 9.47 Å². The van der Waals surface area contributed by atoms with Crippen LogP contribution in [0.25, 0.3) is 0 Å². The van der Waals surface area contributed by atoms with Gasteiger partial charge in [0.2, 0.25) is 11.8 Å². The first kappa shape index (κ1) is 31.4. The molecule has 0 spiro atoms. The highest BCUT2D eigenvalue weighted by Crippen LogP contribution is 2.52. The fraction of sp³-hybridized carbons (Fsp3) is 0.0851. The molecule has 250 valence electrons. The van der Waals surface area contributed by atoms with Crippen LogP contribution < -0.4 is 0 Å². The first-order valence-corrected chi connectivity index (χ1v) is 17.6. The molecule has 0 amide bonds. The van der Waals surface area contributed by atoms with Gasteiger partial charge in [-0.15, -0.1) is 0 Å². The number of hydrogen-bond acceptors (Lipinski definition) is 5. The van der Waals surface area contributed by atoms with E-state index in [-0.39, 0.29) is 12.1 Å². The average Bonchev–Trinajstić information content (AvgIpc) is 3.85. The Balaban J connectivity index is 1.18. The fourth-order valence-corrected chi connectivity index (χ4v) is 7.63. The predicted molar refractivity (Wildman–Crippen MR) is 205 cm³/mol. The van der Waals surface area contributed by atoms with Gasteiger partial charge in [-0.25, -0.2) is 15.0 Å². The van der Waals surface area contributed by atoms with E-state index in [9.17, 15) is 0 Å². The van der Waals surface area contributed by atoms with E-state index in [0.717, 1.165) is 33.4 Å². The molecule has 3 heterocycles. The third-order valence-corrected chi connectivity index (χ3v) is 10.0. The van der Waals surface area contributed by atoms with Crippen LogP contribution in [-0.2, 0) is 20.7 Å². The zero-order chi connectivity index (χ0) is 34.8. The van der Waals surface area contributed by atoms with Gasteiger partial charge in [0.05, 0.1) is 0 Å². The molecule has 7 aromatic rings. The Morgan fingerprint density at radius 2 is 0.615 bits per heavy atom. The number of aromatic nitrogens is 1. The summed E-state index contributed by atoms with van der Waals surface area (Å²) in [4.78, 5) is 15.9. The Bertz CT molecular complexity index is 2100. The topological polar surface area (TPSA) is 56.1 Å². The molecule has 0 unspecified atom stereocenters. The second-order valence-corrected chi connectivity index (χ2v) is 13.0. The van der Waals surface area contributed by atoms with Gasteiger partial charge in [0.25, 0.3) is 0 Å². The SMILES string of the molecule is c1ccc([C@H]2N=C(c3cccc(C4=N[C@H](c5ccccc5)C(c5ccccc5)(c5ccccc5)O4)n3)OC2(c2ccccc2)c2ccccc2)cc1. The normalized spacial score (nSPS) is 18.5. The molecule has 2 atom stereocenters. The van der Waals surface area contributed by atoms with Crippen LogP contribution in [0.4, 0.5) is 0 Å². The van der Waals surface area contributed by atoms with E-state index in [4.69, 9.17) is 24.4 Å². The number of aliphatic imine (C=N–C) groups is 2. The monoisotopic (exact) mass is 673 g/mol. The molecule has 9 rings (SSSR count). The van der Waals surface area contributed by atoms with Crippen LogP contribution in [0.2, 0.25) is 0 Å². The van der Waals surface area contributed by atoms with Gasteiger partial charge in [0.15, 0.2) is 11.2 Å². The highest BCUT2D eigenvalue weighted by Gasteiger charge is 2.52. The molecule has 0 saturated carbocycles. The van der Waals surface area contributed by atoms with Gasteiger partial charge in [-0.1, -0.05) is 188 Å². The molecule has 0 N–H and O–H groups in total. The number of nitrogens with zero attached hydrogens (tertiary/aromatic N) is 3. The minimum Gasteiger partial charge on any atom is -0.457 e. The Hall–Kier alpha value is -6.59. The van der Waals surface area contributed by atoms with E-state index in [1.807, 2.05) is 127 Å². The second-order valence-electron chi connectivity index (χ2n) is 13.0. The first-order chi connectivity index (χ1) is 25.8.